The SMILES string of the molecule is COc1cc(C(=O)Nc2ccccc2C(C)Br)ccc1C. The number of hydrogen-bond donors (Lipinski definition) is 1. The van der Waals surface area contributed by atoms with Gasteiger partial charge < -0.3 is 10.1 Å². The van der Waals surface area contributed by atoms with E-state index in [1.54, 1.807) is 19.2 Å². The number of rotatable bonds is 4. The van der Waals surface area contributed by atoms with Crippen LogP contribution in [0.1, 0.15) is 33.2 Å². The first kappa shape index (κ1) is 15.6. The van der Waals surface area contributed by atoms with Crippen LogP contribution in [0.4, 0.5) is 5.69 Å². The molecule has 0 spiro atoms. The largest absolute Gasteiger partial charge is 0.496 e. The van der Waals surface area contributed by atoms with Crippen LogP contribution < -0.4 is 10.1 Å². The lowest BCUT2D eigenvalue weighted by molar-refractivity contribution is 0.102. The fourth-order valence-corrected chi connectivity index (χ4v) is 2.51. The molecule has 0 bridgehead atoms. The molecule has 0 fully saturated rings. The minimum absolute atomic E-state index is 0.145. The summed E-state index contributed by atoms with van der Waals surface area (Å²) in [4.78, 5) is 12.6. The highest BCUT2D eigenvalue weighted by atomic mass is 79.9. The molecule has 1 N–H and O–H groups in total. The fourth-order valence-electron chi connectivity index (χ4n) is 2.11. The van der Waals surface area contributed by atoms with E-state index < -0.39 is 0 Å². The molecule has 0 aromatic heterocycles. The third-order valence-corrected chi connectivity index (χ3v) is 3.80. The van der Waals surface area contributed by atoms with Gasteiger partial charge in [-0.15, -0.1) is 0 Å². The van der Waals surface area contributed by atoms with Gasteiger partial charge in [0.1, 0.15) is 5.75 Å². The van der Waals surface area contributed by atoms with E-state index in [4.69, 9.17) is 4.74 Å². The van der Waals surface area contributed by atoms with Gasteiger partial charge in [-0.05, 0) is 43.2 Å². The monoisotopic (exact) mass is 347 g/mol. The second kappa shape index (κ2) is 6.76. The van der Waals surface area contributed by atoms with E-state index in [0.717, 1.165) is 16.8 Å². The van der Waals surface area contributed by atoms with Crippen molar-refractivity contribution in [3.8, 4) is 5.75 Å². The molecule has 0 aliphatic rings. The number of halogens is 1. The molecule has 0 heterocycles. The lowest BCUT2D eigenvalue weighted by atomic mass is 10.1. The van der Waals surface area contributed by atoms with Gasteiger partial charge in [0.25, 0.3) is 5.91 Å². The van der Waals surface area contributed by atoms with Crippen LogP contribution in [0.15, 0.2) is 42.5 Å². The predicted octanol–water partition coefficient (Wildman–Crippen LogP) is 4.71. The van der Waals surface area contributed by atoms with E-state index in [1.807, 2.05) is 44.2 Å². The van der Waals surface area contributed by atoms with E-state index in [2.05, 4.69) is 21.2 Å². The Bertz CT molecular complexity index is 653. The van der Waals surface area contributed by atoms with Gasteiger partial charge in [-0.2, -0.15) is 0 Å². The average molecular weight is 348 g/mol. The summed E-state index contributed by atoms with van der Waals surface area (Å²) in [5.74, 6) is 0.568. The Kier molecular flexibility index (Phi) is 5.02. The molecule has 0 saturated carbocycles. The lowest BCUT2D eigenvalue weighted by Crippen LogP contribution is -2.13. The first-order valence-electron chi connectivity index (χ1n) is 6.72. The Morgan fingerprint density at radius 1 is 1.24 bits per heavy atom. The Morgan fingerprint density at radius 2 is 1.95 bits per heavy atom. The number of para-hydroxylation sites is 1. The standard InChI is InChI=1S/C17H18BrNO2/c1-11-8-9-13(10-16(11)21-3)17(20)19-15-7-5-4-6-14(15)12(2)18/h4-10,12H,1-3H3,(H,19,20). The molecule has 1 unspecified atom stereocenters. The van der Waals surface area contributed by atoms with Crippen molar-refractivity contribution in [2.24, 2.45) is 0 Å². The zero-order valence-electron chi connectivity index (χ0n) is 12.3. The molecule has 0 saturated heterocycles. The van der Waals surface area contributed by atoms with Crippen LogP contribution in [0.5, 0.6) is 5.75 Å². The maximum atomic E-state index is 12.4. The van der Waals surface area contributed by atoms with Crippen molar-refractivity contribution in [3.63, 3.8) is 0 Å². The number of aryl methyl sites for hydroxylation is 1. The summed E-state index contributed by atoms with van der Waals surface area (Å²) in [5.41, 5.74) is 3.44. The van der Waals surface area contributed by atoms with Gasteiger partial charge in [0, 0.05) is 16.1 Å². The van der Waals surface area contributed by atoms with Gasteiger partial charge in [0.2, 0.25) is 0 Å². The fraction of sp³-hybridized carbons (Fsp3) is 0.235. The zero-order valence-corrected chi connectivity index (χ0v) is 13.9. The summed E-state index contributed by atoms with van der Waals surface area (Å²) >= 11 is 3.54. The number of nitrogens with one attached hydrogen (secondary N) is 1. The second-order valence-corrected chi connectivity index (χ2v) is 6.22. The van der Waals surface area contributed by atoms with Crippen molar-refractivity contribution in [1.82, 2.24) is 0 Å². The van der Waals surface area contributed by atoms with Crippen LogP contribution in [0.2, 0.25) is 0 Å². The summed E-state index contributed by atoms with van der Waals surface area (Å²) < 4.78 is 5.26. The van der Waals surface area contributed by atoms with Gasteiger partial charge in [-0.1, -0.05) is 40.2 Å². The molecule has 1 amide bonds. The number of hydrogen-bond acceptors (Lipinski definition) is 2. The van der Waals surface area contributed by atoms with E-state index >= 15 is 0 Å². The topological polar surface area (TPSA) is 38.3 Å². The molecule has 3 nitrogen and oxygen atoms in total. The van der Waals surface area contributed by atoms with E-state index in [-0.39, 0.29) is 10.7 Å². The maximum Gasteiger partial charge on any atom is 0.255 e. The number of methoxy groups -OCH3 is 1. The quantitative estimate of drug-likeness (QED) is 0.813. The molecule has 0 aliphatic carbocycles. The number of carbonyl (C=O) groups is 1. The van der Waals surface area contributed by atoms with Crippen LogP contribution in [-0.4, -0.2) is 13.0 Å². The number of anilines is 1. The molecule has 21 heavy (non-hydrogen) atoms. The first-order chi connectivity index (χ1) is 10.0. The molecule has 2 rings (SSSR count). The van der Waals surface area contributed by atoms with Gasteiger partial charge in [-0.25, -0.2) is 0 Å². The molecular formula is C17H18BrNO2. The summed E-state index contributed by atoms with van der Waals surface area (Å²) in [6, 6.07) is 13.2. The van der Waals surface area contributed by atoms with Crippen molar-refractivity contribution in [2.45, 2.75) is 18.7 Å². The number of carbonyl (C=O) groups excluding carboxylic acids is 1. The third kappa shape index (κ3) is 3.64. The van der Waals surface area contributed by atoms with Crippen LogP contribution in [0.3, 0.4) is 0 Å². The Morgan fingerprint density at radius 3 is 2.62 bits per heavy atom. The normalized spacial score (nSPS) is 11.8. The van der Waals surface area contributed by atoms with Crippen molar-refractivity contribution in [1.29, 1.82) is 0 Å². The summed E-state index contributed by atoms with van der Waals surface area (Å²) in [7, 11) is 1.60. The lowest BCUT2D eigenvalue weighted by Gasteiger charge is -2.13. The van der Waals surface area contributed by atoms with Crippen LogP contribution >= 0.6 is 15.9 Å². The minimum Gasteiger partial charge on any atom is -0.496 e. The Labute approximate surface area is 133 Å². The highest BCUT2D eigenvalue weighted by Gasteiger charge is 2.12. The summed E-state index contributed by atoms with van der Waals surface area (Å²) in [6.45, 7) is 3.97. The summed E-state index contributed by atoms with van der Waals surface area (Å²) in [6.07, 6.45) is 0. The van der Waals surface area contributed by atoms with Gasteiger partial charge >= 0.3 is 0 Å². The van der Waals surface area contributed by atoms with Crippen molar-refractivity contribution in [2.75, 3.05) is 12.4 Å². The molecule has 110 valence electrons. The molecule has 1 atom stereocenters. The van der Waals surface area contributed by atoms with E-state index in [0.29, 0.717) is 11.3 Å². The number of amides is 1. The Hall–Kier alpha value is -1.81. The third-order valence-electron chi connectivity index (χ3n) is 3.31. The minimum atomic E-state index is -0.145. The number of benzene rings is 2. The Balaban J connectivity index is 2.26. The van der Waals surface area contributed by atoms with Crippen LogP contribution in [0, 0.1) is 6.92 Å². The molecule has 0 aliphatic heterocycles. The van der Waals surface area contributed by atoms with Gasteiger partial charge in [0.05, 0.1) is 7.11 Å². The van der Waals surface area contributed by atoms with Crippen molar-refractivity contribution >= 4 is 27.5 Å². The van der Waals surface area contributed by atoms with Crippen LogP contribution in [-0.2, 0) is 0 Å². The molecule has 0 radical (unpaired) electrons. The molecule has 4 heteroatoms. The summed E-state index contributed by atoms with van der Waals surface area (Å²) in [5, 5.41) is 2.95. The number of ether oxygens (including phenoxy) is 1. The van der Waals surface area contributed by atoms with Gasteiger partial charge in [-0.3, -0.25) is 4.79 Å². The second-order valence-electron chi connectivity index (χ2n) is 4.84. The first-order valence-corrected chi connectivity index (χ1v) is 7.63. The molecule has 2 aromatic carbocycles. The smallest absolute Gasteiger partial charge is 0.255 e. The predicted molar refractivity (Wildman–Crippen MR) is 89.5 cm³/mol. The van der Waals surface area contributed by atoms with Crippen molar-refractivity contribution < 1.29 is 9.53 Å². The van der Waals surface area contributed by atoms with Crippen LogP contribution in [0.25, 0.3) is 0 Å². The molecular weight excluding hydrogens is 330 g/mol. The molecule has 2 aromatic rings. The average Bonchev–Trinajstić information content (AvgIpc) is 2.48. The number of alkyl halides is 1. The van der Waals surface area contributed by atoms with Crippen molar-refractivity contribution in [3.05, 3.63) is 59.2 Å². The zero-order chi connectivity index (χ0) is 15.4. The highest BCUT2D eigenvalue weighted by Crippen LogP contribution is 2.29. The van der Waals surface area contributed by atoms with E-state index in [9.17, 15) is 4.79 Å². The van der Waals surface area contributed by atoms with Gasteiger partial charge in [0.15, 0.2) is 0 Å². The maximum absolute atomic E-state index is 12.4. The highest BCUT2D eigenvalue weighted by molar-refractivity contribution is 9.09. The van der Waals surface area contributed by atoms with E-state index in [1.165, 1.54) is 0 Å².